The molecule has 168 valence electrons. The predicted octanol–water partition coefficient (Wildman–Crippen LogP) is 6.15. The zero-order valence-corrected chi connectivity index (χ0v) is 20.0. The topological polar surface area (TPSA) is 82.9 Å². The Kier molecular flexibility index (Phi) is 6.99. The molecule has 0 amide bonds. The summed E-state index contributed by atoms with van der Waals surface area (Å²) in [5.74, 6) is 0.863. The van der Waals surface area contributed by atoms with E-state index in [2.05, 4.69) is 87.3 Å². The van der Waals surface area contributed by atoms with Gasteiger partial charge in [0.1, 0.15) is 16.9 Å². The molecule has 3 heterocycles. The molecule has 2 aromatic heterocycles. The van der Waals surface area contributed by atoms with E-state index in [1.54, 1.807) is 18.1 Å². The van der Waals surface area contributed by atoms with Crippen molar-refractivity contribution in [2.45, 2.75) is 64.4 Å². The number of nitrogens with one attached hydrogen (secondary N) is 3. The maximum Gasteiger partial charge on any atom is 0.178 e. The Bertz CT molecular complexity index is 1170. The average Bonchev–Trinajstić information content (AvgIpc) is 2.78. The molecule has 1 unspecified atom stereocenters. The number of aliphatic imine (C=N–C) groups is 1. The number of aromatic amines is 1. The van der Waals surface area contributed by atoms with Crippen molar-refractivity contribution in [2.75, 3.05) is 10.6 Å². The summed E-state index contributed by atoms with van der Waals surface area (Å²) < 4.78 is 2.05. The van der Waals surface area contributed by atoms with Crippen LogP contribution in [0.2, 0.25) is 0 Å². The van der Waals surface area contributed by atoms with Gasteiger partial charge in [0.25, 0.3) is 0 Å². The first-order valence-corrected chi connectivity index (χ1v) is 12.0. The number of unbranched alkanes of at least 4 members (excludes halogenated alkanes) is 1. The molecule has 32 heavy (non-hydrogen) atoms. The number of rotatable bonds is 9. The van der Waals surface area contributed by atoms with Gasteiger partial charge < -0.3 is 10.6 Å². The van der Waals surface area contributed by atoms with Crippen molar-refractivity contribution in [3.8, 4) is 0 Å². The fourth-order valence-corrected chi connectivity index (χ4v) is 4.30. The van der Waals surface area contributed by atoms with Gasteiger partial charge in [-0.15, -0.1) is 0 Å². The third-order valence-corrected chi connectivity index (χ3v) is 6.61. The molecule has 0 spiro atoms. The van der Waals surface area contributed by atoms with Crippen LogP contribution in [0.1, 0.15) is 52.5 Å². The fourth-order valence-electron chi connectivity index (χ4n) is 3.42. The Balaban J connectivity index is 1.46. The normalized spacial score (nSPS) is 15.0. The molecule has 0 aliphatic carbocycles. The highest BCUT2D eigenvalue weighted by atomic mass is 32.2. The molecule has 3 N–H and O–H groups in total. The van der Waals surface area contributed by atoms with Crippen molar-refractivity contribution in [1.29, 1.82) is 0 Å². The highest BCUT2D eigenvalue weighted by molar-refractivity contribution is 8.03. The first kappa shape index (κ1) is 22.2. The molecule has 0 saturated carbocycles. The zero-order valence-electron chi connectivity index (χ0n) is 19.1. The second-order valence-electron chi connectivity index (χ2n) is 8.06. The molecule has 0 fully saturated rings. The summed E-state index contributed by atoms with van der Waals surface area (Å²) in [7, 11) is 0. The van der Waals surface area contributed by atoms with Gasteiger partial charge in [-0.05, 0) is 50.5 Å². The molecular formula is C24H31N7S. The molecule has 1 aliphatic heterocycles. The van der Waals surface area contributed by atoms with Crippen LogP contribution in [0.25, 0.3) is 11.2 Å². The summed E-state index contributed by atoms with van der Waals surface area (Å²) >= 11 is 1.70. The minimum atomic E-state index is 0.368. The van der Waals surface area contributed by atoms with E-state index in [-0.39, 0.29) is 0 Å². The Hall–Kier alpha value is -3.00. The number of benzene rings is 1. The lowest BCUT2D eigenvalue weighted by atomic mass is 10.2. The van der Waals surface area contributed by atoms with Crippen molar-refractivity contribution in [3.05, 3.63) is 53.0 Å². The number of H-pyrrole nitrogens is 1. The largest absolute Gasteiger partial charge is 0.366 e. The highest BCUT2D eigenvalue weighted by Crippen LogP contribution is 2.40. The standard InChI is InChI=1S/C24H31N7S/c1-5-7-8-9-12-25-24-17(4)29-19-13-18(10-11-20(19)32-24)14-31-23-21(30-31)22(26-15-27-23)28-16(3)6-2/h8-13,15-16,29-30H,5-7,14H2,1-4H3,(H,26,27,28)/b9-8+,25-12-. The van der Waals surface area contributed by atoms with Gasteiger partial charge >= 0.3 is 0 Å². The summed E-state index contributed by atoms with van der Waals surface area (Å²) in [6.07, 6.45) is 10.9. The molecule has 3 aromatic rings. The first-order chi connectivity index (χ1) is 15.6. The lowest BCUT2D eigenvalue weighted by molar-refractivity contribution is 0.668. The van der Waals surface area contributed by atoms with E-state index in [0.29, 0.717) is 6.04 Å². The van der Waals surface area contributed by atoms with Gasteiger partial charge in [0, 0.05) is 22.8 Å². The van der Waals surface area contributed by atoms with Crippen LogP contribution < -0.4 is 10.6 Å². The number of hydrogen-bond acceptors (Lipinski definition) is 6. The summed E-state index contributed by atoms with van der Waals surface area (Å²) in [6, 6.07) is 6.89. The number of fused-ring (bicyclic) bond motifs is 2. The summed E-state index contributed by atoms with van der Waals surface area (Å²) in [5.41, 5.74) is 5.28. The molecule has 1 atom stereocenters. The van der Waals surface area contributed by atoms with Gasteiger partial charge in [-0.25, -0.2) is 15.0 Å². The van der Waals surface area contributed by atoms with Crippen molar-refractivity contribution in [3.63, 3.8) is 0 Å². The van der Waals surface area contributed by atoms with E-state index in [9.17, 15) is 0 Å². The van der Waals surface area contributed by atoms with Gasteiger partial charge in [-0.3, -0.25) is 9.78 Å². The van der Waals surface area contributed by atoms with Crippen molar-refractivity contribution in [2.24, 2.45) is 4.99 Å². The van der Waals surface area contributed by atoms with Crippen LogP contribution in [0.4, 0.5) is 11.5 Å². The second-order valence-corrected chi connectivity index (χ2v) is 9.09. The van der Waals surface area contributed by atoms with Crippen LogP contribution in [0, 0.1) is 0 Å². The van der Waals surface area contributed by atoms with Gasteiger partial charge in [-0.2, -0.15) is 0 Å². The fraction of sp³-hybridized carbons (Fsp3) is 0.375. The zero-order chi connectivity index (χ0) is 22.5. The van der Waals surface area contributed by atoms with Crippen LogP contribution >= 0.6 is 11.8 Å². The number of anilines is 2. The summed E-state index contributed by atoms with van der Waals surface area (Å²) in [4.78, 5) is 14.6. The number of thioether (sulfide) groups is 1. The van der Waals surface area contributed by atoms with Crippen molar-refractivity contribution >= 4 is 40.6 Å². The van der Waals surface area contributed by atoms with Gasteiger partial charge in [-0.1, -0.05) is 44.2 Å². The number of aromatic nitrogens is 4. The van der Waals surface area contributed by atoms with Crippen molar-refractivity contribution in [1.82, 2.24) is 19.7 Å². The van der Waals surface area contributed by atoms with Crippen LogP contribution in [0.3, 0.4) is 0 Å². The third-order valence-electron chi connectivity index (χ3n) is 5.43. The number of nitrogens with zero attached hydrogens (tertiary/aromatic N) is 4. The molecule has 0 saturated heterocycles. The van der Waals surface area contributed by atoms with Gasteiger partial charge in [0.15, 0.2) is 11.5 Å². The molecule has 7 nitrogen and oxygen atoms in total. The van der Waals surface area contributed by atoms with E-state index in [4.69, 9.17) is 0 Å². The third kappa shape index (κ3) is 4.91. The molecule has 0 radical (unpaired) electrons. The van der Waals surface area contributed by atoms with Crippen LogP contribution in [-0.4, -0.2) is 32.0 Å². The Morgan fingerprint density at radius 2 is 2.16 bits per heavy atom. The quantitative estimate of drug-likeness (QED) is 0.341. The second kappa shape index (κ2) is 10.1. The lowest BCUT2D eigenvalue weighted by Crippen LogP contribution is -2.20. The van der Waals surface area contributed by atoms with Crippen molar-refractivity contribution < 1.29 is 0 Å². The molecule has 0 bridgehead atoms. The minimum absolute atomic E-state index is 0.368. The predicted molar refractivity (Wildman–Crippen MR) is 136 cm³/mol. The molecular weight excluding hydrogens is 418 g/mol. The summed E-state index contributed by atoms with van der Waals surface area (Å²) in [6.45, 7) is 9.28. The summed E-state index contributed by atoms with van der Waals surface area (Å²) in [5, 5.41) is 11.3. The maximum absolute atomic E-state index is 4.62. The molecule has 4 rings (SSSR count). The van der Waals surface area contributed by atoms with Gasteiger partial charge in [0.2, 0.25) is 0 Å². The minimum Gasteiger partial charge on any atom is -0.366 e. The van der Waals surface area contributed by atoms with Gasteiger partial charge in [0.05, 0.1) is 12.2 Å². The average molecular weight is 450 g/mol. The Morgan fingerprint density at radius 3 is 2.97 bits per heavy atom. The lowest BCUT2D eigenvalue weighted by Gasteiger charge is -2.22. The van der Waals surface area contributed by atoms with Crippen LogP contribution in [0.5, 0.6) is 0 Å². The highest BCUT2D eigenvalue weighted by Gasteiger charge is 2.18. The SMILES string of the molecule is CCC/C=C/C=N\C1=C(C)Nc2cc(Cn3[nH]c4c(NC(C)CC)ncnc43)ccc2S1. The Morgan fingerprint density at radius 1 is 1.28 bits per heavy atom. The molecule has 1 aliphatic rings. The van der Waals surface area contributed by atoms with E-state index in [1.807, 2.05) is 12.3 Å². The maximum atomic E-state index is 4.62. The number of allylic oxidation sites excluding steroid dienone is 3. The van der Waals surface area contributed by atoms with Crippen LogP contribution in [-0.2, 0) is 6.54 Å². The monoisotopic (exact) mass is 449 g/mol. The van der Waals surface area contributed by atoms with E-state index in [0.717, 1.165) is 59.2 Å². The molecule has 1 aromatic carbocycles. The number of hydrogen-bond donors (Lipinski definition) is 3. The van der Waals surface area contributed by atoms with E-state index >= 15 is 0 Å². The van der Waals surface area contributed by atoms with E-state index in [1.165, 1.54) is 10.5 Å². The first-order valence-electron chi connectivity index (χ1n) is 11.2. The van der Waals surface area contributed by atoms with E-state index < -0.39 is 0 Å². The molecule has 8 heteroatoms. The smallest absolute Gasteiger partial charge is 0.178 e. The van der Waals surface area contributed by atoms with Crippen LogP contribution in [0.15, 0.2) is 57.3 Å². The Labute approximate surface area is 193 Å².